The van der Waals surface area contributed by atoms with Crippen molar-refractivity contribution in [3.8, 4) is 5.75 Å². The Hall–Kier alpha value is -2.04. The molecule has 1 heterocycles. The molecule has 2 N–H and O–H groups in total. The predicted molar refractivity (Wildman–Crippen MR) is 59.9 cm³/mol. The minimum Gasteiger partial charge on any atom is -0.497 e. The molecule has 1 saturated heterocycles. The van der Waals surface area contributed by atoms with Crippen LogP contribution in [0, 0.1) is 5.92 Å². The third kappa shape index (κ3) is 2.08. The van der Waals surface area contributed by atoms with Crippen LogP contribution in [0.25, 0.3) is 0 Å². The van der Waals surface area contributed by atoms with E-state index in [-0.39, 0.29) is 5.92 Å². The predicted octanol–water partition coefficient (Wildman–Crippen LogP) is 0.609. The van der Waals surface area contributed by atoms with Crippen molar-refractivity contribution in [1.82, 2.24) is 5.32 Å². The first-order valence-electron chi connectivity index (χ1n) is 5.28. The lowest BCUT2D eigenvalue weighted by molar-refractivity contribution is -0.145. The summed E-state index contributed by atoms with van der Waals surface area (Å²) in [6.45, 7) is 0.350. The van der Waals surface area contributed by atoms with Gasteiger partial charge in [0.05, 0.1) is 7.11 Å². The second-order valence-electron chi connectivity index (χ2n) is 3.94. The Morgan fingerprint density at radius 3 is 2.94 bits per heavy atom. The standard InChI is InChI=1S/C12H13NO4/c1-17-8-4-2-3-7(5-8)9-6-13-11(14)10(9)12(15)16/h2-5,9-10H,6H2,1H3,(H,13,14)(H,15,16)/t9-,10-/m0/s1. The molecule has 90 valence electrons. The number of methoxy groups -OCH3 is 1. The first-order valence-corrected chi connectivity index (χ1v) is 5.28. The van der Waals surface area contributed by atoms with Gasteiger partial charge in [0.25, 0.3) is 0 Å². The van der Waals surface area contributed by atoms with Gasteiger partial charge in [0.2, 0.25) is 5.91 Å². The highest BCUT2D eigenvalue weighted by Gasteiger charge is 2.41. The van der Waals surface area contributed by atoms with Crippen LogP contribution in [0.3, 0.4) is 0 Å². The molecule has 1 amide bonds. The highest BCUT2D eigenvalue weighted by Crippen LogP contribution is 2.30. The number of hydrogen-bond donors (Lipinski definition) is 2. The van der Waals surface area contributed by atoms with E-state index >= 15 is 0 Å². The van der Waals surface area contributed by atoms with E-state index in [2.05, 4.69) is 5.32 Å². The van der Waals surface area contributed by atoms with Crippen molar-refractivity contribution in [2.45, 2.75) is 5.92 Å². The molecule has 0 saturated carbocycles. The number of carboxylic acids is 1. The molecule has 1 aromatic rings. The summed E-state index contributed by atoms with van der Waals surface area (Å²) in [4.78, 5) is 22.5. The van der Waals surface area contributed by atoms with Crippen LogP contribution >= 0.6 is 0 Å². The summed E-state index contributed by atoms with van der Waals surface area (Å²) in [7, 11) is 1.55. The number of amides is 1. The summed E-state index contributed by atoms with van der Waals surface area (Å²) >= 11 is 0. The van der Waals surface area contributed by atoms with E-state index in [1.807, 2.05) is 6.07 Å². The lowest BCUT2D eigenvalue weighted by Crippen LogP contribution is -2.26. The molecule has 0 aliphatic carbocycles. The second-order valence-corrected chi connectivity index (χ2v) is 3.94. The fourth-order valence-electron chi connectivity index (χ4n) is 2.09. The summed E-state index contributed by atoms with van der Waals surface area (Å²) in [5.41, 5.74) is 0.801. The number of rotatable bonds is 3. The van der Waals surface area contributed by atoms with Gasteiger partial charge in [-0.3, -0.25) is 9.59 Å². The Bertz CT molecular complexity index is 458. The third-order valence-electron chi connectivity index (χ3n) is 2.97. The molecule has 0 spiro atoms. The quantitative estimate of drug-likeness (QED) is 0.753. The number of carbonyl (C=O) groups excluding carboxylic acids is 1. The molecule has 0 aromatic heterocycles. The molecule has 0 radical (unpaired) electrons. The van der Waals surface area contributed by atoms with Crippen molar-refractivity contribution < 1.29 is 19.4 Å². The Kier molecular flexibility index (Phi) is 2.99. The van der Waals surface area contributed by atoms with Gasteiger partial charge >= 0.3 is 5.97 Å². The van der Waals surface area contributed by atoms with Crippen LogP contribution in [0.15, 0.2) is 24.3 Å². The zero-order valence-electron chi connectivity index (χ0n) is 9.34. The molecular weight excluding hydrogens is 222 g/mol. The Balaban J connectivity index is 2.32. The molecular formula is C12H13NO4. The van der Waals surface area contributed by atoms with Crippen LogP contribution in [0.1, 0.15) is 11.5 Å². The summed E-state index contributed by atoms with van der Waals surface area (Å²) in [5.74, 6) is -2.21. The van der Waals surface area contributed by atoms with Gasteiger partial charge in [-0.15, -0.1) is 0 Å². The minimum atomic E-state index is -1.09. The fraction of sp³-hybridized carbons (Fsp3) is 0.333. The monoisotopic (exact) mass is 235 g/mol. The number of carboxylic acid groups (broad SMARTS) is 1. The van der Waals surface area contributed by atoms with Crippen molar-refractivity contribution in [1.29, 1.82) is 0 Å². The van der Waals surface area contributed by atoms with E-state index in [1.54, 1.807) is 25.3 Å². The number of ether oxygens (including phenoxy) is 1. The van der Waals surface area contributed by atoms with Crippen LogP contribution in [-0.4, -0.2) is 30.6 Å². The average Bonchev–Trinajstić information content (AvgIpc) is 2.71. The molecule has 5 heteroatoms. The van der Waals surface area contributed by atoms with Gasteiger partial charge in [-0.2, -0.15) is 0 Å². The van der Waals surface area contributed by atoms with Gasteiger partial charge in [-0.05, 0) is 17.7 Å². The van der Waals surface area contributed by atoms with Gasteiger partial charge < -0.3 is 15.2 Å². The van der Waals surface area contributed by atoms with E-state index in [9.17, 15) is 9.59 Å². The molecule has 1 aliphatic heterocycles. The zero-order chi connectivity index (χ0) is 12.4. The molecule has 1 fully saturated rings. The SMILES string of the molecule is COc1cccc([C@@H]2CNC(=O)[C@H]2C(=O)O)c1. The number of carbonyl (C=O) groups is 2. The number of benzene rings is 1. The summed E-state index contributed by atoms with van der Waals surface area (Å²) in [6, 6.07) is 7.14. The average molecular weight is 235 g/mol. The van der Waals surface area contributed by atoms with Crippen LogP contribution < -0.4 is 10.1 Å². The molecule has 0 bridgehead atoms. The van der Waals surface area contributed by atoms with Gasteiger partial charge in [-0.25, -0.2) is 0 Å². The van der Waals surface area contributed by atoms with Crippen molar-refractivity contribution in [3.05, 3.63) is 29.8 Å². The largest absolute Gasteiger partial charge is 0.497 e. The van der Waals surface area contributed by atoms with E-state index in [4.69, 9.17) is 9.84 Å². The lowest BCUT2D eigenvalue weighted by Gasteiger charge is -2.14. The molecule has 5 nitrogen and oxygen atoms in total. The smallest absolute Gasteiger partial charge is 0.316 e. The first kappa shape index (κ1) is 11.4. The molecule has 0 unspecified atom stereocenters. The first-order chi connectivity index (χ1) is 8.13. The molecule has 1 aromatic carbocycles. The molecule has 2 atom stereocenters. The maximum atomic E-state index is 11.4. The Morgan fingerprint density at radius 2 is 2.29 bits per heavy atom. The van der Waals surface area contributed by atoms with Crippen molar-refractivity contribution in [3.63, 3.8) is 0 Å². The molecule has 1 aliphatic rings. The summed E-state index contributed by atoms with van der Waals surface area (Å²) in [6.07, 6.45) is 0. The van der Waals surface area contributed by atoms with Gasteiger partial charge in [0, 0.05) is 12.5 Å². The number of aliphatic carboxylic acids is 1. The maximum Gasteiger partial charge on any atom is 0.316 e. The van der Waals surface area contributed by atoms with Crippen molar-refractivity contribution in [2.24, 2.45) is 5.92 Å². The van der Waals surface area contributed by atoms with E-state index in [0.29, 0.717) is 12.3 Å². The van der Waals surface area contributed by atoms with Gasteiger partial charge in [-0.1, -0.05) is 12.1 Å². The van der Waals surface area contributed by atoms with E-state index in [1.165, 1.54) is 0 Å². The molecule has 2 rings (SSSR count). The zero-order valence-corrected chi connectivity index (χ0v) is 9.34. The number of hydrogen-bond acceptors (Lipinski definition) is 3. The highest BCUT2D eigenvalue weighted by atomic mass is 16.5. The lowest BCUT2D eigenvalue weighted by atomic mass is 9.88. The van der Waals surface area contributed by atoms with Crippen LogP contribution in [0.5, 0.6) is 5.75 Å². The normalized spacial score (nSPS) is 23.2. The summed E-state index contributed by atoms with van der Waals surface area (Å²) in [5, 5.41) is 11.6. The number of nitrogens with one attached hydrogen (secondary N) is 1. The van der Waals surface area contributed by atoms with Crippen LogP contribution in [0.2, 0.25) is 0 Å². The maximum absolute atomic E-state index is 11.4. The Morgan fingerprint density at radius 1 is 1.53 bits per heavy atom. The minimum absolute atomic E-state index is 0.338. The summed E-state index contributed by atoms with van der Waals surface area (Å²) < 4.78 is 5.08. The fourth-order valence-corrected chi connectivity index (χ4v) is 2.09. The van der Waals surface area contributed by atoms with Gasteiger partial charge in [0.1, 0.15) is 11.7 Å². The topological polar surface area (TPSA) is 75.6 Å². The Labute approximate surface area is 98.4 Å². The van der Waals surface area contributed by atoms with E-state index < -0.39 is 17.8 Å². The van der Waals surface area contributed by atoms with E-state index in [0.717, 1.165) is 5.56 Å². The van der Waals surface area contributed by atoms with Crippen LogP contribution in [-0.2, 0) is 9.59 Å². The van der Waals surface area contributed by atoms with Gasteiger partial charge in [0.15, 0.2) is 0 Å². The second kappa shape index (κ2) is 4.45. The highest BCUT2D eigenvalue weighted by molar-refractivity contribution is 5.99. The van der Waals surface area contributed by atoms with Crippen molar-refractivity contribution >= 4 is 11.9 Å². The molecule has 17 heavy (non-hydrogen) atoms. The van der Waals surface area contributed by atoms with Crippen LogP contribution in [0.4, 0.5) is 0 Å². The van der Waals surface area contributed by atoms with Crippen molar-refractivity contribution in [2.75, 3.05) is 13.7 Å². The third-order valence-corrected chi connectivity index (χ3v) is 2.97.